The molecule has 5 aliphatic carbocycles. The van der Waals surface area contributed by atoms with Gasteiger partial charge in [-0.25, -0.2) is 0 Å². The van der Waals surface area contributed by atoms with E-state index in [0.717, 1.165) is 11.8 Å². The monoisotopic (exact) mass is 120 g/mol. The predicted octanol–water partition coefficient (Wildman–Crippen LogP) is 2.51. The van der Waals surface area contributed by atoms with Gasteiger partial charge in [0.1, 0.15) is 0 Å². The van der Waals surface area contributed by atoms with Crippen LogP contribution in [0.4, 0.5) is 0 Å². The molecule has 0 aliphatic heterocycles. The number of fused-ring (bicyclic) bond motifs is 3. The molecule has 5 aliphatic rings. The minimum Gasteiger partial charge on any atom is -0.0670 e. The number of hydrogen-bond donors (Lipinski definition) is 0. The summed E-state index contributed by atoms with van der Waals surface area (Å²) in [5.41, 5.74) is 3.79. The third-order valence-electron chi connectivity index (χ3n) is 3.48. The van der Waals surface area contributed by atoms with Crippen molar-refractivity contribution >= 4 is 0 Å². The van der Waals surface area contributed by atoms with E-state index in [-0.39, 0.29) is 0 Å². The van der Waals surface area contributed by atoms with Crippen molar-refractivity contribution in [3.8, 4) is 0 Å². The molecule has 2 unspecified atom stereocenters. The van der Waals surface area contributed by atoms with Gasteiger partial charge in [0.05, 0.1) is 0 Å². The summed E-state index contributed by atoms with van der Waals surface area (Å²) >= 11 is 0. The van der Waals surface area contributed by atoms with Crippen LogP contribution < -0.4 is 0 Å². The highest BCUT2D eigenvalue weighted by atomic mass is 14.5. The summed E-state index contributed by atoms with van der Waals surface area (Å²) in [6.07, 6.45) is 7.50. The lowest BCUT2D eigenvalue weighted by atomic mass is 9.66. The van der Waals surface area contributed by atoms with Gasteiger partial charge >= 0.3 is 0 Å². The summed E-state index contributed by atoms with van der Waals surface area (Å²) in [5.74, 6) is 2.21. The standard InChI is InChI=1S/C9H12/c1-2-6-8-4-5-9(6)7(8)3-1/h6,8H,1-5H2. The van der Waals surface area contributed by atoms with Gasteiger partial charge in [-0.3, -0.25) is 0 Å². The van der Waals surface area contributed by atoms with Gasteiger partial charge in [-0.1, -0.05) is 11.1 Å². The molecule has 2 saturated carbocycles. The first-order valence-corrected chi connectivity index (χ1v) is 4.18. The molecule has 0 spiro atoms. The van der Waals surface area contributed by atoms with Crippen LogP contribution in [0, 0.1) is 11.8 Å². The molecule has 0 N–H and O–H groups in total. The fourth-order valence-corrected chi connectivity index (χ4v) is 3.13. The molecular weight excluding hydrogens is 108 g/mol. The van der Waals surface area contributed by atoms with Crippen LogP contribution in [-0.2, 0) is 0 Å². The van der Waals surface area contributed by atoms with Crippen LogP contribution in [0.25, 0.3) is 0 Å². The highest BCUT2D eigenvalue weighted by molar-refractivity contribution is 5.39. The second kappa shape index (κ2) is 1.25. The van der Waals surface area contributed by atoms with Gasteiger partial charge in [-0.2, -0.15) is 0 Å². The molecule has 2 atom stereocenters. The molecule has 5 rings (SSSR count). The van der Waals surface area contributed by atoms with Crippen molar-refractivity contribution in [2.45, 2.75) is 32.1 Å². The summed E-state index contributed by atoms with van der Waals surface area (Å²) in [5, 5.41) is 0. The molecule has 0 aromatic heterocycles. The Balaban J connectivity index is 2.11. The largest absolute Gasteiger partial charge is 0.0670 e. The van der Waals surface area contributed by atoms with E-state index in [1.54, 1.807) is 0 Å². The molecule has 0 heterocycles. The Kier molecular flexibility index (Phi) is 0.633. The Morgan fingerprint density at radius 2 is 1.67 bits per heavy atom. The topological polar surface area (TPSA) is 0 Å². The van der Waals surface area contributed by atoms with Crippen LogP contribution in [0.1, 0.15) is 32.1 Å². The molecule has 0 saturated heterocycles. The maximum atomic E-state index is 1.89. The summed E-state index contributed by atoms with van der Waals surface area (Å²) in [4.78, 5) is 0. The minimum absolute atomic E-state index is 1.11. The SMILES string of the molecule is C1CC2=C3CCC2C3C1. The first-order valence-electron chi connectivity index (χ1n) is 4.18. The Hall–Kier alpha value is -0.260. The van der Waals surface area contributed by atoms with Crippen LogP contribution in [0.5, 0.6) is 0 Å². The van der Waals surface area contributed by atoms with E-state index in [1.165, 1.54) is 32.1 Å². The summed E-state index contributed by atoms with van der Waals surface area (Å²) in [6, 6.07) is 0. The van der Waals surface area contributed by atoms with Gasteiger partial charge in [0.15, 0.2) is 0 Å². The Bertz CT molecular complexity index is 188. The van der Waals surface area contributed by atoms with Crippen molar-refractivity contribution in [3.63, 3.8) is 0 Å². The van der Waals surface area contributed by atoms with Crippen molar-refractivity contribution in [1.29, 1.82) is 0 Å². The van der Waals surface area contributed by atoms with Gasteiger partial charge in [0, 0.05) is 0 Å². The third kappa shape index (κ3) is 0.357. The molecule has 2 fully saturated rings. The molecule has 0 nitrogen and oxygen atoms in total. The van der Waals surface area contributed by atoms with Gasteiger partial charge < -0.3 is 0 Å². The summed E-state index contributed by atoms with van der Waals surface area (Å²) < 4.78 is 0. The molecule has 0 amide bonds. The fourth-order valence-electron chi connectivity index (χ4n) is 3.13. The fraction of sp³-hybridized carbons (Fsp3) is 0.778. The Morgan fingerprint density at radius 3 is 2.11 bits per heavy atom. The molecule has 0 radical (unpaired) electrons. The first-order chi connectivity index (χ1) is 4.47. The van der Waals surface area contributed by atoms with E-state index in [4.69, 9.17) is 0 Å². The highest BCUT2D eigenvalue weighted by Crippen LogP contribution is 2.59. The van der Waals surface area contributed by atoms with E-state index in [0.29, 0.717) is 0 Å². The molecule has 4 bridgehead atoms. The van der Waals surface area contributed by atoms with E-state index in [2.05, 4.69) is 0 Å². The average molecular weight is 120 g/mol. The Labute approximate surface area is 56.0 Å². The molecule has 0 heteroatoms. The summed E-state index contributed by atoms with van der Waals surface area (Å²) in [7, 11) is 0. The van der Waals surface area contributed by atoms with E-state index >= 15 is 0 Å². The normalized spacial score (nSPS) is 45.3. The molecular formula is C9H12. The van der Waals surface area contributed by atoms with Crippen LogP contribution >= 0.6 is 0 Å². The second-order valence-corrected chi connectivity index (χ2v) is 3.69. The van der Waals surface area contributed by atoms with Gasteiger partial charge in [-0.05, 0) is 43.9 Å². The predicted molar refractivity (Wildman–Crippen MR) is 37.1 cm³/mol. The van der Waals surface area contributed by atoms with Gasteiger partial charge in [0.2, 0.25) is 0 Å². The van der Waals surface area contributed by atoms with Crippen LogP contribution in [0.15, 0.2) is 11.1 Å². The lowest BCUT2D eigenvalue weighted by molar-refractivity contribution is 0.329. The van der Waals surface area contributed by atoms with Crippen LogP contribution in [-0.4, -0.2) is 0 Å². The van der Waals surface area contributed by atoms with Crippen molar-refractivity contribution in [2.75, 3.05) is 0 Å². The van der Waals surface area contributed by atoms with Crippen molar-refractivity contribution in [1.82, 2.24) is 0 Å². The number of allylic oxidation sites excluding steroid dienone is 2. The van der Waals surface area contributed by atoms with Crippen molar-refractivity contribution in [2.24, 2.45) is 11.8 Å². The second-order valence-electron chi connectivity index (χ2n) is 3.69. The van der Waals surface area contributed by atoms with Crippen molar-refractivity contribution in [3.05, 3.63) is 11.1 Å². The Morgan fingerprint density at radius 1 is 0.889 bits per heavy atom. The maximum Gasteiger partial charge on any atom is -0.0132 e. The molecule has 0 aromatic rings. The number of hydrogen-bond acceptors (Lipinski definition) is 0. The zero-order valence-corrected chi connectivity index (χ0v) is 5.69. The quantitative estimate of drug-likeness (QED) is 0.431. The lowest BCUT2D eigenvalue weighted by Crippen LogP contribution is -2.27. The first kappa shape index (κ1) is 4.54. The van der Waals surface area contributed by atoms with E-state index in [9.17, 15) is 0 Å². The van der Waals surface area contributed by atoms with Gasteiger partial charge in [0.25, 0.3) is 0 Å². The maximum absolute atomic E-state index is 1.89. The molecule has 48 valence electrons. The molecule has 0 aromatic carbocycles. The van der Waals surface area contributed by atoms with Gasteiger partial charge in [-0.15, -0.1) is 0 Å². The van der Waals surface area contributed by atoms with E-state index in [1.807, 2.05) is 11.1 Å². The number of rotatable bonds is 0. The zero-order chi connectivity index (χ0) is 5.84. The van der Waals surface area contributed by atoms with Crippen molar-refractivity contribution < 1.29 is 0 Å². The van der Waals surface area contributed by atoms with Crippen LogP contribution in [0.2, 0.25) is 0 Å². The molecule has 9 heavy (non-hydrogen) atoms. The zero-order valence-electron chi connectivity index (χ0n) is 5.69. The highest BCUT2D eigenvalue weighted by Gasteiger charge is 2.46. The van der Waals surface area contributed by atoms with Crippen LogP contribution in [0.3, 0.4) is 0 Å². The smallest absolute Gasteiger partial charge is 0.0132 e. The average Bonchev–Trinajstić information content (AvgIpc) is 2.48. The van der Waals surface area contributed by atoms with E-state index < -0.39 is 0 Å². The minimum atomic E-state index is 1.11. The summed E-state index contributed by atoms with van der Waals surface area (Å²) in [6.45, 7) is 0. The lowest BCUT2D eigenvalue weighted by Gasteiger charge is -2.39. The third-order valence-corrected chi connectivity index (χ3v) is 3.48.